The average molecular weight is 323 g/mol. The van der Waals surface area contributed by atoms with E-state index < -0.39 is 5.79 Å². The Morgan fingerprint density at radius 2 is 1.50 bits per heavy atom. The summed E-state index contributed by atoms with van der Waals surface area (Å²) in [6.45, 7) is 1.81. The van der Waals surface area contributed by atoms with Crippen LogP contribution in [0.2, 0.25) is 0 Å². The lowest BCUT2D eigenvalue weighted by molar-refractivity contribution is -0.284. The predicted molar refractivity (Wildman–Crippen MR) is 94.7 cm³/mol. The zero-order valence-electron chi connectivity index (χ0n) is 14.0. The van der Waals surface area contributed by atoms with Crippen LogP contribution < -0.4 is 5.32 Å². The van der Waals surface area contributed by atoms with E-state index >= 15 is 0 Å². The summed E-state index contributed by atoms with van der Waals surface area (Å²) >= 11 is 0. The molecular formula is C21H25NO2. The van der Waals surface area contributed by atoms with Crippen LogP contribution in [-0.4, -0.2) is 25.3 Å². The van der Waals surface area contributed by atoms with E-state index in [-0.39, 0.29) is 6.10 Å². The van der Waals surface area contributed by atoms with E-state index in [9.17, 15) is 0 Å². The van der Waals surface area contributed by atoms with Crippen molar-refractivity contribution in [2.45, 2.75) is 43.6 Å². The molecular weight excluding hydrogens is 298 g/mol. The van der Waals surface area contributed by atoms with Gasteiger partial charge in [-0.05, 0) is 25.8 Å². The Morgan fingerprint density at radius 1 is 0.833 bits per heavy atom. The highest BCUT2D eigenvalue weighted by Crippen LogP contribution is 2.40. The van der Waals surface area contributed by atoms with Crippen LogP contribution in [0.3, 0.4) is 0 Å². The molecule has 0 unspecified atom stereocenters. The molecule has 2 aliphatic rings. The van der Waals surface area contributed by atoms with Crippen molar-refractivity contribution in [3.05, 3.63) is 71.8 Å². The SMILES string of the molecule is c1ccc(C2(c3ccccc3)OCC[C@H]([C@@H]3CCCCN3)O2)cc1. The van der Waals surface area contributed by atoms with Crippen molar-refractivity contribution in [3.8, 4) is 0 Å². The third-order valence-corrected chi connectivity index (χ3v) is 5.13. The first-order valence-corrected chi connectivity index (χ1v) is 9.05. The predicted octanol–water partition coefficient (Wildman–Crippen LogP) is 3.84. The van der Waals surface area contributed by atoms with Crippen molar-refractivity contribution >= 4 is 0 Å². The normalized spacial score (nSPS) is 26.8. The van der Waals surface area contributed by atoms with Gasteiger partial charge in [-0.3, -0.25) is 0 Å². The molecule has 0 bridgehead atoms. The van der Waals surface area contributed by atoms with Crippen molar-refractivity contribution in [3.63, 3.8) is 0 Å². The molecule has 3 heteroatoms. The topological polar surface area (TPSA) is 30.5 Å². The molecule has 2 aliphatic heterocycles. The molecule has 3 nitrogen and oxygen atoms in total. The number of benzene rings is 2. The van der Waals surface area contributed by atoms with Crippen LogP contribution in [0.5, 0.6) is 0 Å². The Morgan fingerprint density at radius 3 is 2.08 bits per heavy atom. The van der Waals surface area contributed by atoms with Gasteiger partial charge in [0.25, 0.3) is 0 Å². The number of ether oxygens (including phenoxy) is 2. The molecule has 0 aromatic heterocycles. The highest BCUT2D eigenvalue weighted by Gasteiger charge is 2.44. The van der Waals surface area contributed by atoms with E-state index in [2.05, 4.69) is 53.8 Å². The average Bonchev–Trinajstić information content (AvgIpc) is 2.70. The van der Waals surface area contributed by atoms with E-state index in [0.717, 1.165) is 24.1 Å². The molecule has 2 atom stereocenters. The molecule has 2 fully saturated rings. The van der Waals surface area contributed by atoms with Crippen LogP contribution in [0.4, 0.5) is 0 Å². The second-order valence-corrected chi connectivity index (χ2v) is 6.70. The zero-order valence-corrected chi connectivity index (χ0v) is 14.0. The number of piperidine rings is 1. The second-order valence-electron chi connectivity index (χ2n) is 6.70. The second kappa shape index (κ2) is 7.06. The van der Waals surface area contributed by atoms with Gasteiger partial charge in [-0.25, -0.2) is 0 Å². The summed E-state index contributed by atoms with van der Waals surface area (Å²) in [4.78, 5) is 0. The van der Waals surface area contributed by atoms with Gasteiger partial charge in [0.15, 0.2) is 0 Å². The number of hydrogen-bond donors (Lipinski definition) is 1. The minimum absolute atomic E-state index is 0.180. The van der Waals surface area contributed by atoms with Crippen molar-refractivity contribution in [2.24, 2.45) is 0 Å². The Hall–Kier alpha value is -1.68. The lowest BCUT2D eigenvalue weighted by atomic mass is 9.92. The van der Waals surface area contributed by atoms with Crippen LogP contribution in [0, 0.1) is 0 Å². The van der Waals surface area contributed by atoms with Gasteiger partial charge >= 0.3 is 0 Å². The molecule has 0 amide bonds. The summed E-state index contributed by atoms with van der Waals surface area (Å²) in [5.41, 5.74) is 2.13. The molecule has 2 saturated heterocycles. The zero-order chi connectivity index (χ0) is 16.2. The summed E-state index contributed by atoms with van der Waals surface area (Å²) < 4.78 is 13.0. The summed E-state index contributed by atoms with van der Waals surface area (Å²) in [7, 11) is 0. The minimum atomic E-state index is -0.801. The van der Waals surface area contributed by atoms with Gasteiger partial charge in [0.1, 0.15) is 0 Å². The molecule has 2 heterocycles. The quantitative estimate of drug-likeness (QED) is 0.931. The van der Waals surface area contributed by atoms with Gasteiger partial charge in [-0.15, -0.1) is 0 Å². The van der Waals surface area contributed by atoms with E-state index in [1.807, 2.05) is 12.1 Å². The fraction of sp³-hybridized carbons (Fsp3) is 0.429. The van der Waals surface area contributed by atoms with Crippen LogP contribution in [0.1, 0.15) is 36.8 Å². The van der Waals surface area contributed by atoms with Gasteiger partial charge in [0.05, 0.1) is 12.7 Å². The third kappa shape index (κ3) is 3.00. The maximum Gasteiger partial charge on any atom is 0.222 e. The standard InChI is InChI=1S/C21H25NO2/c1-3-9-17(10-4-1)21(18-11-5-2-6-12-18)23-16-14-20(24-21)19-13-7-8-15-22-19/h1-6,9-12,19-20,22H,7-8,13-16H2/t19-,20+/m0/s1. The Balaban J connectivity index is 1.70. The molecule has 0 radical (unpaired) electrons. The van der Waals surface area contributed by atoms with Crippen molar-refractivity contribution in [1.29, 1.82) is 0 Å². The minimum Gasteiger partial charge on any atom is -0.342 e. The summed E-state index contributed by atoms with van der Waals surface area (Å²) in [6, 6.07) is 21.1. The smallest absolute Gasteiger partial charge is 0.222 e. The fourth-order valence-electron chi connectivity index (χ4n) is 3.89. The summed E-state index contributed by atoms with van der Waals surface area (Å²) in [6.07, 6.45) is 4.85. The Bertz CT molecular complexity index is 598. The van der Waals surface area contributed by atoms with E-state index in [1.165, 1.54) is 19.3 Å². The molecule has 24 heavy (non-hydrogen) atoms. The number of rotatable bonds is 3. The molecule has 0 saturated carbocycles. The van der Waals surface area contributed by atoms with E-state index in [0.29, 0.717) is 12.6 Å². The van der Waals surface area contributed by atoms with Crippen LogP contribution in [0.15, 0.2) is 60.7 Å². The van der Waals surface area contributed by atoms with Gasteiger partial charge in [-0.1, -0.05) is 67.1 Å². The first-order chi connectivity index (χ1) is 11.9. The molecule has 0 spiro atoms. The van der Waals surface area contributed by atoms with Crippen LogP contribution in [0.25, 0.3) is 0 Å². The highest BCUT2D eigenvalue weighted by molar-refractivity contribution is 5.34. The molecule has 126 valence electrons. The van der Waals surface area contributed by atoms with Gasteiger partial charge < -0.3 is 14.8 Å². The first-order valence-electron chi connectivity index (χ1n) is 9.05. The number of hydrogen-bond acceptors (Lipinski definition) is 3. The summed E-state index contributed by atoms with van der Waals surface area (Å²) in [5, 5.41) is 3.65. The van der Waals surface area contributed by atoms with Crippen molar-refractivity contribution < 1.29 is 9.47 Å². The molecule has 4 rings (SSSR count). The Labute approximate surface area is 144 Å². The highest BCUT2D eigenvalue weighted by atomic mass is 16.7. The number of nitrogens with one attached hydrogen (secondary N) is 1. The van der Waals surface area contributed by atoms with Crippen LogP contribution >= 0.6 is 0 Å². The molecule has 2 aromatic rings. The summed E-state index contributed by atoms with van der Waals surface area (Å²) in [5.74, 6) is -0.801. The molecule has 2 aromatic carbocycles. The lowest BCUT2D eigenvalue weighted by Gasteiger charge is -2.45. The van der Waals surface area contributed by atoms with E-state index in [4.69, 9.17) is 9.47 Å². The maximum absolute atomic E-state index is 6.70. The maximum atomic E-state index is 6.70. The molecule has 1 N–H and O–H groups in total. The van der Waals surface area contributed by atoms with Gasteiger partial charge in [-0.2, -0.15) is 0 Å². The monoisotopic (exact) mass is 323 g/mol. The molecule has 0 aliphatic carbocycles. The van der Waals surface area contributed by atoms with Gasteiger partial charge in [0.2, 0.25) is 5.79 Å². The fourth-order valence-corrected chi connectivity index (χ4v) is 3.89. The Kier molecular flexibility index (Phi) is 4.65. The van der Waals surface area contributed by atoms with E-state index in [1.54, 1.807) is 0 Å². The lowest BCUT2D eigenvalue weighted by Crippen LogP contribution is -2.52. The largest absolute Gasteiger partial charge is 0.342 e. The third-order valence-electron chi connectivity index (χ3n) is 5.13. The van der Waals surface area contributed by atoms with Crippen LogP contribution in [-0.2, 0) is 15.3 Å². The van der Waals surface area contributed by atoms with Gasteiger partial charge in [0, 0.05) is 17.2 Å². The van der Waals surface area contributed by atoms with Crippen molar-refractivity contribution in [2.75, 3.05) is 13.2 Å². The first kappa shape index (κ1) is 15.8. The van der Waals surface area contributed by atoms with Crippen molar-refractivity contribution in [1.82, 2.24) is 5.32 Å².